The first-order valence-electron chi connectivity index (χ1n) is 19.1. The van der Waals surface area contributed by atoms with Gasteiger partial charge in [-0.3, -0.25) is 4.57 Å². The maximum atomic E-state index is 5.37. The summed E-state index contributed by atoms with van der Waals surface area (Å²) in [6.07, 6.45) is 0. The molecule has 0 spiro atoms. The maximum Gasteiger partial charge on any atom is 0.238 e. The molecule has 9 aromatic rings. The Balaban J connectivity index is 1.16. The molecule has 0 bridgehead atoms. The smallest absolute Gasteiger partial charge is 0.238 e. The van der Waals surface area contributed by atoms with E-state index in [1.165, 1.54) is 60.8 Å². The van der Waals surface area contributed by atoms with E-state index in [0.717, 1.165) is 27.7 Å². The quantitative estimate of drug-likeness (QED) is 0.183. The van der Waals surface area contributed by atoms with Gasteiger partial charge in [0.2, 0.25) is 5.95 Å². The first-order chi connectivity index (χ1) is 26.8. The van der Waals surface area contributed by atoms with Gasteiger partial charge in [0.15, 0.2) is 11.6 Å². The summed E-state index contributed by atoms with van der Waals surface area (Å²) in [6, 6.07) is 56.7. The molecule has 0 amide bonds. The Morgan fingerprint density at radius 3 is 1.75 bits per heavy atom. The molecular formula is C51H38N4. The van der Waals surface area contributed by atoms with Gasteiger partial charge in [0.1, 0.15) is 0 Å². The minimum Gasteiger partial charge on any atom is -0.278 e. The van der Waals surface area contributed by atoms with E-state index in [1.54, 1.807) is 0 Å². The highest BCUT2D eigenvalue weighted by Crippen LogP contribution is 2.53. The van der Waals surface area contributed by atoms with Gasteiger partial charge in [-0.25, -0.2) is 4.98 Å². The number of rotatable bonds is 4. The van der Waals surface area contributed by atoms with E-state index in [2.05, 4.69) is 184 Å². The summed E-state index contributed by atoms with van der Waals surface area (Å²) in [5.74, 6) is 1.90. The molecule has 2 heterocycles. The standard InChI is InChI=1S/C51H38N4/c1-50(2)40-20-12-9-17-37(40)45-41(50)28-29-44-46(45)38-18-10-13-21-43(38)55(44)49-53-47(33-24-22-32(23-25-33)31-14-6-5-7-15-31)52-48(54-49)34-26-27-36-35-16-8-11-19-39(35)51(3,4)42(36)30-34/h5-30H,1-4H3. The highest BCUT2D eigenvalue weighted by Gasteiger charge is 2.38. The van der Waals surface area contributed by atoms with Gasteiger partial charge in [0.25, 0.3) is 0 Å². The van der Waals surface area contributed by atoms with Crippen molar-refractivity contribution in [1.82, 2.24) is 19.5 Å². The maximum absolute atomic E-state index is 5.37. The average molecular weight is 707 g/mol. The molecule has 0 unspecified atom stereocenters. The second kappa shape index (κ2) is 11.4. The van der Waals surface area contributed by atoms with Crippen molar-refractivity contribution in [1.29, 1.82) is 0 Å². The molecule has 2 aromatic heterocycles. The monoisotopic (exact) mass is 706 g/mol. The van der Waals surface area contributed by atoms with Crippen LogP contribution in [0.15, 0.2) is 158 Å². The summed E-state index contributed by atoms with van der Waals surface area (Å²) in [4.78, 5) is 15.9. The van der Waals surface area contributed by atoms with Crippen molar-refractivity contribution in [3.63, 3.8) is 0 Å². The summed E-state index contributed by atoms with van der Waals surface area (Å²) in [7, 11) is 0. The molecule has 0 aliphatic heterocycles. The van der Waals surface area contributed by atoms with Crippen molar-refractivity contribution in [3.05, 3.63) is 180 Å². The van der Waals surface area contributed by atoms with Crippen molar-refractivity contribution in [2.45, 2.75) is 38.5 Å². The predicted octanol–water partition coefficient (Wildman–Crippen LogP) is 12.6. The van der Waals surface area contributed by atoms with Crippen LogP contribution in [0, 0.1) is 0 Å². The Hall–Kier alpha value is -6.65. The Bertz CT molecular complexity index is 3020. The van der Waals surface area contributed by atoms with Crippen molar-refractivity contribution < 1.29 is 0 Å². The molecular weight excluding hydrogens is 669 g/mol. The lowest BCUT2D eigenvalue weighted by Crippen LogP contribution is -2.15. The number of hydrogen-bond acceptors (Lipinski definition) is 3. The summed E-state index contributed by atoms with van der Waals surface area (Å²) < 4.78 is 2.25. The van der Waals surface area contributed by atoms with E-state index in [9.17, 15) is 0 Å². The second-order valence-electron chi connectivity index (χ2n) is 16.1. The normalized spacial score (nSPS) is 14.5. The van der Waals surface area contributed by atoms with Crippen molar-refractivity contribution in [2.24, 2.45) is 0 Å². The fourth-order valence-electron chi connectivity index (χ4n) is 9.48. The highest BCUT2D eigenvalue weighted by atomic mass is 15.2. The molecule has 0 N–H and O–H groups in total. The Labute approximate surface area is 320 Å². The van der Waals surface area contributed by atoms with E-state index in [1.807, 2.05) is 6.07 Å². The molecule has 0 fully saturated rings. The minimum absolute atomic E-state index is 0.107. The summed E-state index contributed by atoms with van der Waals surface area (Å²) in [5.41, 5.74) is 16.7. The number of benzene rings is 7. The largest absolute Gasteiger partial charge is 0.278 e. The summed E-state index contributed by atoms with van der Waals surface area (Å²) in [6.45, 7) is 9.31. The Morgan fingerprint density at radius 2 is 0.964 bits per heavy atom. The fraction of sp³-hybridized carbons (Fsp3) is 0.118. The van der Waals surface area contributed by atoms with Crippen LogP contribution in [0.1, 0.15) is 49.9 Å². The van der Waals surface area contributed by atoms with Crippen molar-refractivity contribution in [2.75, 3.05) is 0 Å². The number of fused-ring (bicyclic) bond motifs is 10. The third-order valence-corrected chi connectivity index (χ3v) is 12.3. The van der Waals surface area contributed by atoms with Gasteiger partial charge in [-0.15, -0.1) is 0 Å². The zero-order valence-corrected chi connectivity index (χ0v) is 31.3. The van der Waals surface area contributed by atoms with Crippen molar-refractivity contribution >= 4 is 21.8 Å². The van der Waals surface area contributed by atoms with Crippen LogP contribution in [0.4, 0.5) is 0 Å². The number of nitrogens with zero attached hydrogens (tertiary/aromatic N) is 4. The van der Waals surface area contributed by atoms with Crippen LogP contribution in [0.3, 0.4) is 0 Å². The predicted molar refractivity (Wildman–Crippen MR) is 226 cm³/mol. The molecule has 0 atom stereocenters. The van der Waals surface area contributed by atoms with Crippen LogP contribution in [0.5, 0.6) is 0 Å². The minimum atomic E-state index is -0.148. The van der Waals surface area contributed by atoms with Crippen LogP contribution >= 0.6 is 0 Å². The summed E-state index contributed by atoms with van der Waals surface area (Å²) in [5, 5.41) is 2.42. The fourth-order valence-corrected chi connectivity index (χ4v) is 9.48. The lowest BCUT2D eigenvalue weighted by Gasteiger charge is -2.22. The average Bonchev–Trinajstić information content (AvgIpc) is 3.78. The van der Waals surface area contributed by atoms with Gasteiger partial charge < -0.3 is 0 Å². The molecule has 4 heteroatoms. The third kappa shape index (κ3) is 4.55. The zero-order valence-electron chi connectivity index (χ0n) is 31.3. The first-order valence-corrected chi connectivity index (χ1v) is 19.1. The van der Waals surface area contributed by atoms with Crippen LogP contribution in [-0.4, -0.2) is 19.5 Å². The first kappa shape index (κ1) is 31.8. The van der Waals surface area contributed by atoms with Crippen molar-refractivity contribution in [3.8, 4) is 62.1 Å². The Kier molecular flexibility index (Phi) is 6.61. The van der Waals surface area contributed by atoms with Crippen LogP contribution in [0.2, 0.25) is 0 Å². The van der Waals surface area contributed by atoms with E-state index < -0.39 is 0 Å². The highest BCUT2D eigenvalue weighted by molar-refractivity contribution is 6.17. The molecule has 7 aromatic carbocycles. The molecule has 0 radical (unpaired) electrons. The molecule has 0 saturated heterocycles. The molecule has 2 aliphatic rings. The van der Waals surface area contributed by atoms with E-state index >= 15 is 0 Å². The van der Waals surface area contributed by atoms with Gasteiger partial charge in [-0.05, 0) is 73.8 Å². The lowest BCUT2D eigenvalue weighted by atomic mass is 9.82. The topological polar surface area (TPSA) is 43.6 Å². The lowest BCUT2D eigenvalue weighted by molar-refractivity contribution is 0.660. The molecule has 11 rings (SSSR count). The summed E-state index contributed by atoms with van der Waals surface area (Å²) >= 11 is 0. The Morgan fingerprint density at radius 1 is 0.400 bits per heavy atom. The second-order valence-corrected chi connectivity index (χ2v) is 16.1. The van der Waals surface area contributed by atoms with E-state index in [-0.39, 0.29) is 10.8 Å². The number of hydrogen-bond donors (Lipinski definition) is 0. The number of para-hydroxylation sites is 1. The van der Waals surface area contributed by atoms with E-state index in [4.69, 9.17) is 15.0 Å². The van der Waals surface area contributed by atoms with E-state index in [0.29, 0.717) is 17.6 Å². The molecule has 4 nitrogen and oxygen atoms in total. The SMILES string of the molecule is CC1(C)c2ccccc2-c2ccc(-c3nc(-c4ccc(-c5ccccc5)cc4)nc(-n4c5ccccc5c5c6c(ccc54)C(C)(C)c4ccccc4-6)n3)cc21. The molecule has 55 heavy (non-hydrogen) atoms. The van der Waals surface area contributed by atoms with Crippen LogP contribution < -0.4 is 0 Å². The number of aromatic nitrogens is 4. The van der Waals surface area contributed by atoms with Gasteiger partial charge in [0.05, 0.1) is 11.0 Å². The van der Waals surface area contributed by atoms with Crippen LogP contribution in [0.25, 0.3) is 83.9 Å². The molecule has 0 saturated carbocycles. The third-order valence-electron chi connectivity index (χ3n) is 12.3. The van der Waals surface area contributed by atoms with Gasteiger partial charge in [-0.2, -0.15) is 9.97 Å². The van der Waals surface area contributed by atoms with Gasteiger partial charge in [0, 0.05) is 32.7 Å². The van der Waals surface area contributed by atoms with Gasteiger partial charge >= 0.3 is 0 Å². The zero-order chi connectivity index (χ0) is 37.1. The molecule has 2 aliphatic carbocycles. The molecule has 262 valence electrons. The van der Waals surface area contributed by atoms with Gasteiger partial charge in [-0.1, -0.05) is 167 Å². The van der Waals surface area contributed by atoms with Crippen LogP contribution in [-0.2, 0) is 10.8 Å².